The van der Waals surface area contributed by atoms with Gasteiger partial charge in [-0.2, -0.15) is 0 Å². The zero-order valence-electron chi connectivity index (χ0n) is 16.7. The van der Waals surface area contributed by atoms with Gasteiger partial charge in [0, 0.05) is 25.9 Å². The number of amides is 1. The van der Waals surface area contributed by atoms with Crippen LogP contribution in [-0.4, -0.2) is 34.0 Å². The number of nitrogens with zero attached hydrogens (tertiary/aromatic N) is 2. The van der Waals surface area contributed by atoms with E-state index in [1.54, 1.807) is 11.1 Å². The van der Waals surface area contributed by atoms with Crippen LogP contribution in [0.1, 0.15) is 28.4 Å². The van der Waals surface area contributed by atoms with Gasteiger partial charge in [0.25, 0.3) is 5.91 Å². The first-order valence-corrected chi connectivity index (χ1v) is 10.0. The van der Waals surface area contributed by atoms with Crippen molar-refractivity contribution in [3.8, 4) is 11.1 Å². The Bertz CT molecular complexity index is 958. The van der Waals surface area contributed by atoms with E-state index in [1.165, 1.54) is 0 Å². The number of benzene rings is 2. The van der Waals surface area contributed by atoms with Crippen LogP contribution < -0.4 is 0 Å². The summed E-state index contributed by atoms with van der Waals surface area (Å²) in [6.45, 7) is 4.79. The summed E-state index contributed by atoms with van der Waals surface area (Å²) in [6, 6.07) is 19.6. The third-order valence-corrected chi connectivity index (χ3v) is 5.11. The van der Waals surface area contributed by atoms with E-state index in [2.05, 4.69) is 4.98 Å². The van der Waals surface area contributed by atoms with Gasteiger partial charge in [-0.25, -0.2) is 4.98 Å². The van der Waals surface area contributed by atoms with E-state index in [4.69, 9.17) is 11.6 Å². The number of halogens is 1. The van der Waals surface area contributed by atoms with Crippen LogP contribution >= 0.6 is 11.6 Å². The van der Waals surface area contributed by atoms with E-state index in [9.17, 15) is 9.90 Å². The lowest BCUT2D eigenvalue weighted by Gasteiger charge is -2.27. The van der Waals surface area contributed by atoms with E-state index in [-0.39, 0.29) is 23.6 Å². The predicted molar refractivity (Wildman–Crippen MR) is 117 cm³/mol. The molecule has 0 saturated heterocycles. The van der Waals surface area contributed by atoms with Gasteiger partial charge in [-0.15, -0.1) is 0 Å². The van der Waals surface area contributed by atoms with E-state index >= 15 is 0 Å². The maximum Gasteiger partial charge on any atom is 0.257 e. The molecule has 0 unspecified atom stereocenters. The molecule has 0 saturated carbocycles. The maximum absolute atomic E-state index is 13.6. The Morgan fingerprint density at radius 1 is 1.10 bits per heavy atom. The van der Waals surface area contributed by atoms with Gasteiger partial charge in [-0.05, 0) is 35.6 Å². The number of aryl methyl sites for hydroxylation is 1. The van der Waals surface area contributed by atoms with E-state index in [1.807, 2.05) is 74.5 Å². The Labute approximate surface area is 176 Å². The van der Waals surface area contributed by atoms with Gasteiger partial charge >= 0.3 is 0 Å². The molecule has 0 aliphatic carbocycles. The fraction of sp³-hybridized carbons (Fsp3) is 0.250. The van der Waals surface area contributed by atoms with Gasteiger partial charge < -0.3 is 10.0 Å². The number of aliphatic hydroxyl groups excluding tert-OH is 1. The Kier molecular flexibility index (Phi) is 7.02. The number of rotatable bonds is 7. The molecule has 2 aromatic carbocycles. The topological polar surface area (TPSA) is 53.4 Å². The minimum Gasteiger partial charge on any atom is -0.396 e. The number of hydrogen-bond donors (Lipinski definition) is 1. The van der Waals surface area contributed by atoms with Crippen molar-refractivity contribution in [2.75, 3.05) is 13.2 Å². The second-order valence-corrected chi connectivity index (χ2v) is 7.71. The smallest absolute Gasteiger partial charge is 0.257 e. The highest BCUT2D eigenvalue weighted by atomic mass is 35.5. The average molecular weight is 409 g/mol. The van der Waals surface area contributed by atoms with Gasteiger partial charge in [0.05, 0.1) is 5.56 Å². The van der Waals surface area contributed by atoms with Crippen LogP contribution in [0.5, 0.6) is 0 Å². The van der Waals surface area contributed by atoms with Crippen molar-refractivity contribution in [2.24, 2.45) is 5.92 Å². The van der Waals surface area contributed by atoms with Crippen molar-refractivity contribution in [2.45, 2.75) is 20.4 Å². The summed E-state index contributed by atoms with van der Waals surface area (Å²) in [6.07, 6.45) is 1.62. The summed E-state index contributed by atoms with van der Waals surface area (Å²) in [4.78, 5) is 19.5. The first kappa shape index (κ1) is 21.0. The molecule has 1 atom stereocenters. The Balaban J connectivity index is 2.01. The Hall–Kier alpha value is -2.69. The highest BCUT2D eigenvalue weighted by Gasteiger charge is 2.24. The molecular weight excluding hydrogens is 384 g/mol. The molecule has 5 heteroatoms. The number of carbonyl (C=O) groups is 1. The monoisotopic (exact) mass is 408 g/mol. The number of pyridine rings is 1. The molecule has 0 bridgehead atoms. The number of carbonyl (C=O) groups excluding carboxylic acids is 1. The number of aliphatic hydroxyl groups is 1. The molecule has 3 aromatic rings. The third kappa shape index (κ3) is 5.22. The van der Waals surface area contributed by atoms with E-state index in [0.717, 1.165) is 22.3 Å². The molecule has 0 fully saturated rings. The van der Waals surface area contributed by atoms with Crippen LogP contribution in [0.2, 0.25) is 5.15 Å². The summed E-state index contributed by atoms with van der Waals surface area (Å²) in [5, 5.41) is 9.72. The normalized spacial score (nSPS) is 11.9. The van der Waals surface area contributed by atoms with Crippen LogP contribution in [0.4, 0.5) is 0 Å². The quantitative estimate of drug-likeness (QED) is 0.561. The van der Waals surface area contributed by atoms with Crippen molar-refractivity contribution in [1.29, 1.82) is 0 Å². The molecule has 150 valence electrons. The highest BCUT2D eigenvalue weighted by molar-refractivity contribution is 6.33. The van der Waals surface area contributed by atoms with Gasteiger partial charge in [-0.1, -0.05) is 78.7 Å². The SMILES string of the molecule is Cc1ccc(-c2ccnc(Cl)c2C(=O)N(Cc2ccccc2)C[C@H](C)CO)cc1. The average Bonchev–Trinajstić information content (AvgIpc) is 2.74. The molecule has 1 heterocycles. The first-order chi connectivity index (χ1) is 14.0. The predicted octanol–water partition coefficient (Wildman–Crippen LogP) is 4.98. The van der Waals surface area contributed by atoms with Crippen LogP contribution in [0.25, 0.3) is 11.1 Å². The molecule has 0 spiro atoms. The highest BCUT2D eigenvalue weighted by Crippen LogP contribution is 2.30. The molecular formula is C24H25ClN2O2. The van der Waals surface area contributed by atoms with Gasteiger partial charge in [0.2, 0.25) is 0 Å². The van der Waals surface area contributed by atoms with Gasteiger partial charge in [0.15, 0.2) is 0 Å². The zero-order valence-corrected chi connectivity index (χ0v) is 17.4. The standard InChI is InChI=1S/C24H25ClN2O2/c1-17-8-10-20(11-9-17)21-12-13-26-23(25)22(21)24(29)27(14-18(2)16-28)15-19-6-4-3-5-7-19/h3-13,18,28H,14-16H2,1-2H3/t18-/m0/s1. The fourth-order valence-electron chi connectivity index (χ4n) is 3.23. The molecule has 0 aliphatic heterocycles. The van der Waals surface area contributed by atoms with E-state index < -0.39 is 0 Å². The summed E-state index contributed by atoms with van der Waals surface area (Å²) >= 11 is 6.41. The minimum atomic E-state index is -0.192. The summed E-state index contributed by atoms with van der Waals surface area (Å²) in [5.74, 6) is -0.247. The minimum absolute atomic E-state index is 0.00413. The van der Waals surface area contributed by atoms with Crippen LogP contribution in [0, 0.1) is 12.8 Å². The largest absolute Gasteiger partial charge is 0.396 e. The maximum atomic E-state index is 13.6. The molecule has 29 heavy (non-hydrogen) atoms. The van der Waals surface area contributed by atoms with Gasteiger partial charge in [0.1, 0.15) is 5.15 Å². The lowest BCUT2D eigenvalue weighted by Crippen LogP contribution is -2.35. The van der Waals surface area contributed by atoms with E-state index in [0.29, 0.717) is 18.7 Å². The first-order valence-electron chi connectivity index (χ1n) is 9.65. The molecule has 1 N–H and O–H groups in total. The molecule has 0 radical (unpaired) electrons. The van der Waals surface area contributed by atoms with Crippen molar-refractivity contribution >= 4 is 17.5 Å². The summed E-state index contributed by atoms with van der Waals surface area (Å²) in [7, 11) is 0. The lowest BCUT2D eigenvalue weighted by molar-refractivity contribution is 0.0695. The Morgan fingerprint density at radius 3 is 2.45 bits per heavy atom. The Morgan fingerprint density at radius 2 is 1.79 bits per heavy atom. The van der Waals surface area contributed by atoms with Gasteiger partial charge in [-0.3, -0.25) is 4.79 Å². The van der Waals surface area contributed by atoms with Crippen LogP contribution in [0.15, 0.2) is 66.9 Å². The van der Waals surface area contributed by atoms with Crippen molar-refractivity contribution in [1.82, 2.24) is 9.88 Å². The van der Waals surface area contributed by atoms with Crippen LogP contribution in [-0.2, 0) is 6.54 Å². The van der Waals surface area contributed by atoms with Crippen molar-refractivity contribution in [3.05, 3.63) is 88.7 Å². The molecule has 4 nitrogen and oxygen atoms in total. The zero-order chi connectivity index (χ0) is 20.8. The van der Waals surface area contributed by atoms with Crippen molar-refractivity contribution < 1.29 is 9.90 Å². The molecule has 1 amide bonds. The fourth-order valence-corrected chi connectivity index (χ4v) is 3.47. The molecule has 1 aromatic heterocycles. The molecule has 3 rings (SSSR count). The summed E-state index contributed by atoms with van der Waals surface area (Å²) < 4.78 is 0. The number of hydrogen-bond acceptors (Lipinski definition) is 3. The van der Waals surface area contributed by atoms with Crippen molar-refractivity contribution in [3.63, 3.8) is 0 Å². The van der Waals surface area contributed by atoms with Crippen LogP contribution in [0.3, 0.4) is 0 Å². The summed E-state index contributed by atoms with van der Waals surface area (Å²) in [5.41, 5.74) is 4.22. The molecule has 0 aliphatic rings. The third-order valence-electron chi connectivity index (χ3n) is 4.83. The second kappa shape index (κ2) is 9.68. The lowest BCUT2D eigenvalue weighted by atomic mass is 9.99. The number of aromatic nitrogens is 1. The second-order valence-electron chi connectivity index (χ2n) is 7.35.